The Morgan fingerprint density at radius 1 is 1.50 bits per heavy atom. The van der Waals surface area contributed by atoms with Gasteiger partial charge in [0.05, 0.1) is 6.04 Å². The van der Waals surface area contributed by atoms with Gasteiger partial charge in [-0.15, -0.1) is 0 Å². The molecule has 0 aliphatic rings. The number of hydrogen-bond donors (Lipinski definition) is 1. The number of thiophene rings is 1. The predicted octanol–water partition coefficient (Wildman–Crippen LogP) is 2.84. The van der Waals surface area contributed by atoms with Gasteiger partial charge in [-0.2, -0.15) is 16.3 Å². The van der Waals surface area contributed by atoms with E-state index in [9.17, 15) is 0 Å². The van der Waals surface area contributed by atoms with Crippen molar-refractivity contribution in [3.63, 3.8) is 0 Å². The molecule has 2 aromatic rings. The molecule has 1 unspecified atom stereocenters. The molecular weight excluding hydrogens is 222 g/mol. The second-order valence-electron chi connectivity index (χ2n) is 4.20. The fourth-order valence-corrected chi connectivity index (χ4v) is 2.14. The molecule has 0 aliphatic heterocycles. The fourth-order valence-electron chi connectivity index (χ4n) is 1.50. The van der Waals surface area contributed by atoms with E-state index in [1.165, 1.54) is 0 Å². The van der Waals surface area contributed by atoms with Crippen molar-refractivity contribution in [2.45, 2.75) is 26.3 Å². The number of hydrogen-bond acceptors (Lipinski definition) is 5. The van der Waals surface area contributed by atoms with Crippen molar-refractivity contribution >= 4 is 11.3 Å². The Balaban J connectivity index is 2.13. The molecule has 2 heterocycles. The number of aromatic nitrogens is 2. The first kappa shape index (κ1) is 11.3. The van der Waals surface area contributed by atoms with Crippen LogP contribution in [0, 0.1) is 5.92 Å². The number of nitrogens with zero attached hydrogens (tertiary/aromatic N) is 2. The van der Waals surface area contributed by atoms with Crippen LogP contribution in [-0.2, 0) is 0 Å². The molecule has 86 valence electrons. The summed E-state index contributed by atoms with van der Waals surface area (Å²) in [7, 11) is 0. The van der Waals surface area contributed by atoms with Crippen LogP contribution >= 0.6 is 11.3 Å². The van der Waals surface area contributed by atoms with Crippen molar-refractivity contribution in [2.75, 3.05) is 0 Å². The molecule has 0 aromatic carbocycles. The van der Waals surface area contributed by atoms with E-state index in [0.717, 1.165) is 12.0 Å². The lowest BCUT2D eigenvalue weighted by molar-refractivity contribution is 0.335. The molecular formula is C11H15N3OS. The minimum absolute atomic E-state index is 0.167. The van der Waals surface area contributed by atoms with Gasteiger partial charge in [0.1, 0.15) is 0 Å². The monoisotopic (exact) mass is 237 g/mol. The second-order valence-corrected chi connectivity index (χ2v) is 4.98. The van der Waals surface area contributed by atoms with Crippen LogP contribution in [0.5, 0.6) is 0 Å². The Hall–Kier alpha value is -1.20. The summed E-state index contributed by atoms with van der Waals surface area (Å²) in [6, 6.07) is 1.80. The van der Waals surface area contributed by atoms with Gasteiger partial charge < -0.3 is 10.3 Å². The highest BCUT2D eigenvalue weighted by Crippen LogP contribution is 2.22. The largest absolute Gasteiger partial charge is 0.337 e. The lowest BCUT2D eigenvalue weighted by Crippen LogP contribution is -2.13. The van der Waals surface area contributed by atoms with Crippen molar-refractivity contribution in [2.24, 2.45) is 11.7 Å². The summed E-state index contributed by atoms with van der Waals surface area (Å²) in [5, 5.41) is 7.90. The molecule has 0 saturated heterocycles. The fraction of sp³-hybridized carbons (Fsp3) is 0.455. The molecule has 2 rings (SSSR count). The SMILES string of the molecule is CC(C)CC(N)c1nc(-c2ccsc2)no1. The smallest absolute Gasteiger partial charge is 0.243 e. The summed E-state index contributed by atoms with van der Waals surface area (Å²) in [5.41, 5.74) is 6.95. The molecule has 0 bridgehead atoms. The van der Waals surface area contributed by atoms with Crippen LogP contribution in [0.4, 0.5) is 0 Å². The van der Waals surface area contributed by atoms with Crippen LogP contribution in [-0.4, -0.2) is 10.1 Å². The van der Waals surface area contributed by atoms with E-state index >= 15 is 0 Å². The van der Waals surface area contributed by atoms with Gasteiger partial charge in [0, 0.05) is 10.9 Å². The second kappa shape index (κ2) is 4.76. The summed E-state index contributed by atoms with van der Waals surface area (Å²) in [6.07, 6.45) is 0.852. The van der Waals surface area contributed by atoms with Gasteiger partial charge in [-0.05, 0) is 23.8 Å². The molecule has 2 N–H and O–H groups in total. The van der Waals surface area contributed by atoms with E-state index in [4.69, 9.17) is 10.3 Å². The van der Waals surface area contributed by atoms with Crippen LogP contribution in [0.1, 0.15) is 32.2 Å². The van der Waals surface area contributed by atoms with E-state index in [0.29, 0.717) is 17.6 Å². The Labute approximate surface area is 98.5 Å². The number of nitrogens with two attached hydrogens (primary N) is 1. The molecule has 2 aromatic heterocycles. The highest BCUT2D eigenvalue weighted by atomic mass is 32.1. The maximum Gasteiger partial charge on any atom is 0.243 e. The lowest BCUT2D eigenvalue weighted by atomic mass is 10.0. The van der Waals surface area contributed by atoms with E-state index in [-0.39, 0.29) is 6.04 Å². The normalized spacial score (nSPS) is 13.2. The molecule has 1 atom stereocenters. The highest BCUT2D eigenvalue weighted by molar-refractivity contribution is 7.08. The molecule has 0 saturated carbocycles. The van der Waals surface area contributed by atoms with E-state index in [2.05, 4.69) is 24.0 Å². The third-order valence-electron chi connectivity index (χ3n) is 2.26. The quantitative estimate of drug-likeness (QED) is 0.888. The van der Waals surface area contributed by atoms with Crippen LogP contribution < -0.4 is 5.73 Å². The summed E-state index contributed by atoms with van der Waals surface area (Å²) in [6.45, 7) is 4.24. The summed E-state index contributed by atoms with van der Waals surface area (Å²) in [5.74, 6) is 1.66. The molecule has 0 spiro atoms. The lowest BCUT2D eigenvalue weighted by Gasteiger charge is -2.08. The first-order valence-electron chi connectivity index (χ1n) is 5.28. The van der Waals surface area contributed by atoms with Crippen LogP contribution in [0.3, 0.4) is 0 Å². The molecule has 4 nitrogen and oxygen atoms in total. The Kier molecular flexibility index (Phi) is 3.36. The maximum atomic E-state index is 5.97. The zero-order chi connectivity index (χ0) is 11.5. The molecule has 0 amide bonds. The topological polar surface area (TPSA) is 64.9 Å². The zero-order valence-corrected chi connectivity index (χ0v) is 10.2. The predicted molar refractivity (Wildman–Crippen MR) is 64.0 cm³/mol. The Morgan fingerprint density at radius 2 is 2.31 bits per heavy atom. The molecule has 0 fully saturated rings. The van der Waals surface area contributed by atoms with Gasteiger partial charge in [-0.3, -0.25) is 0 Å². The summed E-state index contributed by atoms with van der Waals surface area (Å²) < 4.78 is 5.17. The van der Waals surface area contributed by atoms with Crippen molar-refractivity contribution in [1.29, 1.82) is 0 Å². The van der Waals surface area contributed by atoms with Gasteiger partial charge in [0.2, 0.25) is 11.7 Å². The highest BCUT2D eigenvalue weighted by Gasteiger charge is 2.16. The maximum absolute atomic E-state index is 5.97. The molecule has 16 heavy (non-hydrogen) atoms. The summed E-state index contributed by atoms with van der Waals surface area (Å²) in [4.78, 5) is 4.31. The van der Waals surface area contributed by atoms with E-state index in [1.54, 1.807) is 11.3 Å². The van der Waals surface area contributed by atoms with Crippen molar-refractivity contribution < 1.29 is 4.52 Å². The zero-order valence-electron chi connectivity index (χ0n) is 9.38. The van der Waals surface area contributed by atoms with Gasteiger partial charge in [0.15, 0.2) is 0 Å². The standard InChI is InChI=1S/C11H15N3OS/c1-7(2)5-9(12)11-13-10(14-15-11)8-3-4-16-6-8/h3-4,6-7,9H,5,12H2,1-2H3. The van der Waals surface area contributed by atoms with Crippen LogP contribution in [0.25, 0.3) is 11.4 Å². The van der Waals surface area contributed by atoms with Gasteiger partial charge >= 0.3 is 0 Å². The van der Waals surface area contributed by atoms with Gasteiger partial charge in [0.25, 0.3) is 0 Å². The van der Waals surface area contributed by atoms with Crippen LogP contribution in [0.15, 0.2) is 21.3 Å². The first-order chi connectivity index (χ1) is 7.66. The van der Waals surface area contributed by atoms with E-state index < -0.39 is 0 Å². The molecule has 0 radical (unpaired) electrons. The third-order valence-corrected chi connectivity index (χ3v) is 2.95. The van der Waals surface area contributed by atoms with Crippen molar-refractivity contribution in [1.82, 2.24) is 10.1 Å². The van der Waals surface area contributed by atoms with Gasteiger partial charge in [-0.25, -0.2) is 0 Å². The summed E-state index contributed by atoms with van der Waals surface area (Å²) >= 11 is 1.61. The number of rotatable bonds is 4. The van der Waals surface area contributed by atoms with Crippen molar-refractivity contribution in [3.8, 4) is 11.4 Å². The van der Waals surface area contributed by atoms with Crippen LogP contribution in [0.2, 0.25) is 0 Å². The van der Waals surface area contributed by atoms with Crippen molar-refractivity contribution in [3.05, 3.63) is 22.7 Å². The Bertz CT molecular complexity index is 436. The minimum atomic E-state index is -0.167. The Morgan fingerprint density at radius 3 is 2.94 bits per heavy atom. The molecule has 0 aliphatic carbocycles. The average molecular weight is 237 g/mol. The van der Waals surface area contributed by atoms with E-state index in [1.807, 2.05) is 16.8 Å². The third kappa shape index (κ3) is 2.48. The first-order valence-corrected chi connectivity index (χ1v) is 6.23. The minimum Gasteiger partial charge on any atom is -0.337 e. The van der Waals surface area contributed by atoms with Gasteiger partial charge in [-0.1, -0.05) is 19.0 Å². The average Bonchev–Trinajstić information content (AvgIpc) is 2.87. The molecule has 5 heteroatoms.